The third-order valence-corrected chi connectivity index (χ3v) is 6.17. The fourth-order valence-corrected chi connectivity index (χ4v) is 3.89. The average Bonchev–Trinajstić information content (AvgIpc) is 2.66. The topological polar surface area (TPSA) is 94.0 Å². The molecular weight excluding hydrogens is 416 g/mol. The van der Waals surface area contributed by atoms with Gasteiger partial charge < -0.3 is 15.7 Å². The SMILES string of the molecule is CCNC(=NCc1ccc(O)c(F)c1)NCC1CCN(S(=O)(=O)C(F)(F)F)CC1. The maximum atomic E-state index is 13.4. The minimum atomic E-state index is -5.28. The predicted molar refractivity (Wildman–Crippen MR) is 100 cm³/mol. The molecule has 7 nitrogen and oxygen atoms in total. The smallest absolute Gasteiger partial charge is 0.505 e. The number of nitrogens with zero attached hydrogens (tertiary/aromatic N) is 2. The Bertz CT molecular complexity index is 822. The lowest BCUT2D eigenvalue weighted by Gasteiger charge is -2.31. The van der Waals surface area contributed by atoms with Gasteiger partial charge in [0.1, 0.15) is 0 Å². The number of sulfonamides is 1. The summed E-state index contributed by atoms with van der Waals surface area (Å²) in [7, 11) is -5.28. The zero-order valence-electron chi connectivity index (χ0n) is 15.8. The van der Waals surface area contributed by atoms with Gasteiger partial charge in [-0.25, -0.2) is 17.8 Å². The second-order valence-corrected chi connectivity index (χ2v) is 8.58. The first-order chi connectivity index (χ1) is 13.5. The van der Waals surface area contributed by atoms with Gasteiger partial charge in [-0.2, -0.15) is 17.5 Å². The summed E-state index contributed by atoms with van der Waals surface area (Å²) in [5, 5.41) is 15.3. The number of alkyl halides is 3. The standard InChI is InChI=1S/C17H24F4N4O3S/c1-2-22-16(24-11-13-3-4-15(26)14(18)9-13)23-10-12-5-7-25(8-6-12)29(27,28)17(19,20)21/h3-4,9,12,26H,2,5-8,10-11H2,1H3,(H2,22,23,24). The number of phenolic OH excluding ortho intramolecular Hbond substituents is 1. The fraction of sp³-hybridized carbons (Fsp3) is 0.588. The number of phenols is 1. The van der Waals surface area contributed by atoms with E-state index >= 15 is 0 Å². The van der Waals surface area contributed by atoms with Crippen LogP contribution in [0.25, 0.3) is 0 Å². The Balaban J connectivity index is 1.89. The van der Waals surface area contributed by atoms with Gasteiger partial charge in [-0.15, -0.1) is 0 Å². The number of hydrogen-bond donors (Lipinski definition) is 3. The molecule has 1 fully saturated rings. The van der Waals surface area contributed by atoms with Crippen LogP contribution in [0.2, 0.25) is 0 Å². The highest BCUT2D eigenvalue weighted by molar-refractivity contribution is 7.90. The average molecular weight is 440 g/mol. The van der Waals surface area contributed by atoms with Crippen molar-refractivity contribution >= 4 is 16.0 Å². The molecule has 1 aromatic rings. The van der Waals surface area contributed by atoms with Gasteiger partial charge >= 0.3 is 15.5 Å². The minimum Gasteiger partial charge on any atom is -0.505 e. The van der Waals surface area contributed by atoms with Crippen LogP contribution in [0.4, 0.5) is 17.6 Å². The summed E-state index contributed by atoms with van der Waals surface area (Å²) in [6.07, 6.45) is 0.593. The van der Waals surface area contributed by atoms with Crippen LogP contribution in [0.5, 0.6) is 5.75 Å². The van der Waals surface area contributed by atoms with Gasteiger partial charge in [0.2, 0.25) is 0 Å². The van der Waals surface area contributed by atoms with E-state index in [1.54, 1.807) is 6.07 Å². The van der Waals surface area contributed by atoms with Gasteiger partial charge in [0.15, 0.2) is 17.5 Å². The van der Waals surface area contributed by atoms with Gasteiger partial charge in [0.05, 0.1) is 6.54 Å². The molecule has 12 heteroatoms. The Morgan fingerprint density at radius 3 is 2.48 bits per heavy atom. The van der Waals surface area contributed by atoms with Crippen molar-refractivity contribution in [2.75, 3.05) is 26.2 Å². The summed E-state index contributed by atoms with van der Waals surface area (Å²) < 4.78 is 74.6. The van der Waals surface area contributed by atoms with E-state index in [4.69, 9.17) is 0 Å². The molecule has 0 aromatic heterocycles. The molecule has 0 atom stereocenters. The summed E-state index contributed by atoms with van der Waals surface area (Å²) in [4.78, 5) is 4.32. The Labute approximate surface area is 166 Å². The number of rotatable bonds is 6. The van der Waals surface area contributed by atoms with Gasteiger partial charge in [-0.3, -0.25) is 0 Å². The lowest BCUT2D eigenvalue weighted by atomic mass is 9.98. The molecular formula is C17H24F4N4O3S. The number of benzene rings is 1. The summed E-state index contributed by atoms with van der Waals surface area (Å²) in [6, 6.07) is 3.96. The number of halogens is 4. The summed E-state index contributed by atoms with van der Waals surface area (Å²) in [5.74, 6) is -0.742. The highest BCUT2D eigenvalue weighted by Crippen LogP contribution is 2.30. The molecule has 2 rings (SSSR count). The summed E-state index contributed by atoms with van der Waals surface area (Å²) >= 11 is 0. The summed E-state index contributed by atoms with van der Waals surface area (Å²) in [5.41, 5.74) is -4.72. The molecule has 1 aliphatic rings. The van der Waals surface area contributed by atoms with Gasteiger partial charge in [-0.05, 0) is 43.4 Å². The molecule has 164 valence electrons. The summed E-state index contributed by atoms with van der Waals surface area (Å²) in [6.45, 7) is 2.63. The first kappa shape index (κ1) is 23.2. The molecule has 1 aliphatic heterocycles. The van der Waals surface area contributed by atoms with Crippen molar-refractivity contribution < 1.29 is 31.1 Å². The zero-order valence-corrected chi connectivity index (χ0v) is 16.7. The van der Waals surface area contributed by atoms with Crippen LogP contribution >= 0.6 is 0 Å². The molecule has 0 saturated carbocycles. The number of hydrogen-bond acceptors (Lipinski definition) is 4. The van der Waals surface area contributed by atoms with Gasteiger partial charge in [0, 0.05) is 26.2 Å². The first-order valence-corrected chi connectivity index (χ1v) is 10.5. The van der Waals surface area contributed by atoms with Crippen molar-refractivity contribution in [2.45, 2.75) is 31.8 Å². The Morgan fingerprint density at radius 2 is 1.93 bits per heavy atom. The predicted octanol–water partition coefficient (Wildman–Crippen LogP) is 2.15. The van der Waals surface area contributed by atoms with Crippen LogP contribution in [0.15, 0.2) is 23.2 Å². The first-order valence-electron chi connectivity index (χ1n) is 9.10. The molecule has 0 unspecified atom stereocenters. The van der Waals surface area contributed by atoms with Crippen molar-refractivity contribution in [2.24, 2.45) is 10.9 Å². The van der Waals surface area contributed by atoms with E-state index in [0.717, 1.165) is 0 Å². The number of piperidine rings is 1. The molecule has 1 aromatic carbocycles. The highest BCUT2D eigenvalue weighted by Gasteiger charge is 2.50. The maximum absolute atomic E-state index is 13.4. The second-order valence-electron chi connectivity index (χ2n) is 6.66. The van der Waals surface area contributed by atoms with Gasteiger partial charge in [0.25, 0.3) is 0 Å². The Kier molecular flexibility index (Phi) is 7.69. The molecule has 0 amide bonds. The molecule has 1 heterocycles. The highest BCUT2D eigenvalue weighted by atomic mass is 32.2. The number of aliphatic imine (C=N–C) groups is 1. The van der Waals surface area contributed by atoms with E-state index in [-0.39, 0.29) is 25.6 Å². The Morgan fingerprint density at radius 1 is 1.28 bits per heavy atom. The normalized spacial score (nSPS) is 17.3. The molecule has 0 spiro atoms. The van der Waals surface area contributed by atoms with E-state index in [2.05, 4.69) is 15.6 Å². The molecule has 0 aliphatic carbocycles. The van der Waals surface area contributed by atoms with Crippen LogP contribution in [0.3, 0.4) is 0 Å². The quantitative estimate of drug-likeness (QED) is 0.358. The van der Waals surface area contributed by atoms with Crippen LogP contribution in [-0.4, -0.2) is 55.5 Å². The zero-order chi connectivity index (χ0) is 21.7. The van der Waals surface area contributed by atoms with Crippen LogP contribution < -0.4 is 10.6 Å². The van der Waals surface area contributed by atoms with E-state index in [1.807, 2.05) is 6.92 Å². The van der Waals surface area contributed by atoms with Crippen molar-refractivity contribution in [1.82, 2.24) is 14.9 Å². The van der Waals surface area contributed by atoms with E-state index < -0.39 is 27.1 Å². The van der Waals surface area contributed by atoms with Crippen LogP contribution in [0.1, 0.15) is 25.3 Å². The van der Waals surface area contributed by atoms with Crippen LogP contribution in [0, 0.1) is 11.7 Å². The number of guanidine groups is 1. The van der Waals surface area contributed by atoms with Crippen molar-refractivity contribution in [3.8, 4) is 5.75 Å². The second kappa shape index (κ2) is 9.61. The van der Waals surface area contributed by atoms with E-state index in [9.17, 15) is 31.1 Å². The maximum Gasteiger partial charge on any atom is 0.511 e. The number of nitrogens with one attached hydrogen (secondary N) is 2. The van der Waals surface area contributed by atoms with Crippen molar-refractivity contribution in [3.05, 3.63) is 29.6 Å². The molecule has 1 saturated heterocycles. The fourth-order valence-electron chi connectivity index (χ4n) is 2.90. The largest absolute Gasteiger partial charge is 0.511 e. The third-order valence-electron chi connectivity index (χ3n) is 4.54. The lowest BCUT2D eigenvalue weighted by Crippen LogP contribution is -2.47. The molecule has 0 radical (unpaired) electrons. The third kappa shape index (κ3) is 6.20. The molecule has 29 heavy (non-hydrogen) atoms. The van der Waals surface area contributed by atoms with Gasteiger partial charge in [-0.1, -0.05) is 6.07 Å². The van der Waals surface area contributed by atoms with Crippen molar-refractivity contribution in [1.29, 1.82) is 0 Å². The Hall–Kier alpha value is -2.08. The number of aromatic hydroxyl groups is 1. The lowest BCUT2D eigenvalue weighted by molar-refractivity contribution is -0.0496. The molecule has 0 bridgehead atoms. The van der Waals surface area contributed by atoms with E-state index in [1.165, 1.54) is 12.1 Å². The van der Waals surface area contributed by atoms with Crippen molar-refractivity contribution in [3.63, 3.8) is 0 Å². The molecule has 3 N–H and O–H groups in total. The van der Waals surface area contributed by atoms with E-state index in [0.29, 0.717) is 41.8 Å². The monoisotopic (exact) mass is 440 g/mol. The minimum absolute atomic E-state index is 0.00958. The van der Waals surface area contributed by atoms with Crippen LogP contribution in [-0.2, 0) is 16.6 Å².